The Labute approximate surface area is 140 Å². The number of hydrogen-bond acceptors (Lipinski definition) is 4. The summed E-state index contributed by atoms with van der Waals surface area (Å²) in [6.07, 6.45) is -5.95. The van der Waals surface area contributed by atoms with Crippen LogP contribution in [0, 0.1) is 0 Å². The first kappa shape index (κ1) is 18.7. The fourth-order valence-electron chi connectivity index (χ4n) is 2.36. The van der Waals surface area contributed by atoms with Crippen molar-refractivity contribution in [2.45, 2.75) is 19.2 Å². The molecular formula is C15H15F3N2O5. The second-order valence-corrected chi connectivity index (χ2v) is 5.43. The molecule has 0 saturated carbocycles. The number of benzene rings is 1. The van der Waals surface area contributed by atoms with Crippen molar-refractivity contribution in [2.24, 2.45) is 0 Å². The smallest absolute Gasteiger partial charge is 0.416 e. The van der Waals surface area contributed by atoms with E-state index in [0.29, 0.717) is 6.07 Å². The van der Waals surface area contributed by atoms with Gasteiger partial charge in [-0.25, -0.2) is 4.79 Å². The number of amides is 2. The lowest BCUT2D eigenvalue weighted by Gasteiger charge is -2.31. The summed E-state index contributed by atoms with van der Waals surface area (Å²) in [6, 6.07) is 2.50. The van der Waals surface area contributed by atoms with Crippen LogP contribution in [-0.4, -0.2) is 53.6 Å². The molecule has 1 aliphatic heterocycles. The molecule has 10 heteroatoms. The number of ether oxygens (including phenoxy) is 1. The van der Waals surface area contributed by atoms with E-state index in [4.69, 9.17) is 9.84 Å². The number of rotatable bonds is 3. The summed E-state index contributed by atoms with van der Waals surface area (Å²) in [7, 11) is 0. The van der Waals surface area contributed by atoms with Gasteiger partial charge >= 0.3 is 12.1 Å². The van der Waals surface area contributed by atoms with Gasteiger partial charge in [0.25, 0.3) is 5.91 Å². The maximum atomic E-state index is 13.0. The number of hydrogen-bond donors (Lipinski definition) is 2. The standard InChI is InChI=1S/C15H15F3N2O5/c1-8(21)19-11-5-9(4-10(6-11)15(16,17)18)13(22)20-2-3-25-12(7-20)14(23)24/h4-6,12H,2-3,7H2,1H3,(H,19,21)(H,23,24). The lowest BCUT2D eigenvalue weighted by atomic mass is 10.1. The van der Waals surface area contributed by atoms with Crippen molar-refractivity contribution < 1.29 is 37.4 Å². The van der Waals surface area contributed by atoms with Crippen LogP contribution in [0.4, 0.5) is 18.9 Å². The van der Waals surface area contributed by atoms with Crippen LogP contribution in [0.15, 0.2) is 18.2 Å². The second-order valence-electron chi connectivity index (χ2n) is 5.43. The highest BCUT2D eigenvalue weighted by Crippen LogP contribution is 2.32. The van der Waals surface area contributed by atoms with Crippen molar-refractivity contribution in [3.8, 4) is 0 Å². The van der Waals surface area contributed by atoms with Gasteiger partial charge < -0.3 is 20.1 Å². The molecule has 1 aromatic carbocycles. The number of morpholine rings is 1. The summed E-state index contributed by atoms with van der Waals surface area (Å²) < 4.78 is 44.1. The van der Waals surface area contributed by atoms with Crippen LogP contribution in [0.5, 0.6) is 0 Å². The number of carbonyl (C=O) groups is 3. The van der Waals surface area contributed by atoms with E-state index in [1.165, 1.54) is 0 Å². The number of nitrogens with zero attached hydrogens (tertiary/aromatic N) is 1. The molecule has 1 aromatic rings. The van der Waals surface area contributed by atoms with E-state index in [2.05, 4.69) is 5.32 Å². The average molecular weight is 360 g/mol. The SMILES string of the molecule is CC(=O)Nc1cc(C(=O)N2CCOC(C(=O)O)C2)cc(C(F)(F)F)c1. The van der Waals surface area contributed by atoms with Gasteiger partial charge in [0, 0.05) is 24.7 Å². The lowest BCUT2D eigenvalue weighted by molar-refractivity contribution is -0.154. The van der Waals surface area contributed by atoms with E-state index in [9.17, 15) is 27.6 Å². The summed E-state index contributed by atoms with van der Waals surface area (Å²) in [5.74, 6) is -2.62. The first-order chi connectivity index (χ1) is 11.6. The number of carboxylic acid groups (broad SMARTS) is 1. The molecule has 1 aliphatic rings. The molecule has 1 saturated heterocycles. The third-order valence-corrected chi connectivity index (χ3v) is 3.46. The van der Waals surface area contributed by atoms with Gasteiger partial charge in [0.15, 0.2) is 6.10 Å². The maximum Gasteiger partial charge on any atom is 0.416 e. The van der Waals surface area contributed by atoms with Gasteiger partial charge in [0.1, 0.15) is 0 Å². The Morgan fingerprint density at radius 1 is 1.28 bits per heavy atom. The monoisotopic (exact) mass is 360 g/mol. The van der Waals surface area contributed by atoms with Crippen molar-refractivity contribution in [3.63, 3.8) is 0 Å². The van der Waals surface area contributed by atoms with E-state index in [1.807, 2.05) is 0 Å². The third kappa shape index (κ3) is 4.69. The van der Waals surface area contributed by atoms with Gasteiger partial charge in [-0.2, -0.15) is 13.2 Å². The minimum atomic E-state index is -4.71. The number of carboxylic acids is 1. The third-order valence-electron chi connectivity index (χ3n) is 3.46. The molecule has 1 fully saturated rings. The molecule has 0 radical (unpaired) electrons. The normalized spacial score (nSPS) is 17.9. The highest BCUT2D eigenvalue weighted by molar-refractivity contribution is 5.97. The molecular weight excluding hydrogens is 345 g/mol. The Bertz CT molecular complexity index is 705. The van der Waals surface area contributed by atoms with Crippen molar-refractivity contribution in [1.29, 1.82) is 0 Å². The predicted molar refractivity (Wildman–Crippen MR) is 79.0 cm³/mol. The molecule has 25 heavy (non-hydrogen) atoms. The molecule has 7 nitrogen and oxygen atoms in total. The molecule has 2 amide bonds. The fourth-order valence-corrected chi connectivity index (χ4v) is 2.36. The number of anilines is 1. The summed E-state index contributed by atoms with van der Waals surface area (Å²) >= 11 is 0. The Morgan fingerprint density at radius 3 is 2.52 bits per heavy atom. The molecule has 0 aliphatic carbocycles. The molecule has 136 valence electrons. The van der Waals surface area contributed by atoms with Gasteiger partial charge in [0.05, 0.1) is 18.7 Å². The summed E-state index contributed by atoms with van der Waals surface area (Å²) in [4.78, 5) is 35.7. The van der Waals surface area contributed by atoms with E-state index in [-0.39, 0.29) is 30.9 Å². The quantitative estimate of drug-likeness (QED) is 0.853. The van der Waals surface area contributed by atoms with Gasteiger partial charge in [0.2, 0.25) is 5.91 Å². The van der Waals surface area contributed by atoms with Gasteiger partial charge in [-0.1, -0.05) is 0 Å². The van der Waals surface area contributed by atoms with Crippen molar-refractivity contribution >= 4 is 23.5 Å². The summed E-state index contributed by atoms with van der Waals surface area (Å²) in [5, 5.41) is 11.2. The van der Waals surface area contributed by atoms with Crippen LogP contribution in [-0.2, 0) is 20.5 Å². The van der Waals surface area contributed by atoms with E-state index < -0.39 is 35.6 Å². The van der Waals surface area contributed by atoms with Crippen LogP contribution in [0.3, 0.4) is 0 Å². The maximum absolute atomic E-state index is 13.0. The molecule has 0 spiro atoms. The predicted octanol–water partition coefficient (Wildman–Crippen LogP) is 1.59. The van der Waals surface area contributed by atoms with Crippen LogP contribution in [0.1, 0.15) is 22.8 Å². The minimum Gasteiger partial charge on any atom is -0.479 e. The van der Waals surface area contributed by atoms with Crippen molar-refractivity contribution in [1.82, 2.24) is 4.90 Å². The first-order valence-electron chi connectivity index (χ1n) is 7.21. The summed E-state index contributed by atoms with van der Waals surface area (Å²) in [6.45, 7) is 0.857. The topological polar surface area (TPSA) is 95.9 Å². The average Bonchev–Trinajstić information content (AvgIpc) is 2.52. The minimum absolute atomic E-state index is 0.0414. The first-order valence-corrected chi connectivity index (χ1v) is 7.21. The molecule has 0 aromatic heterocycles. The van der Waals surface area contributed by atoms with E-state index in [1.54, 1.807) is 0 Å². The highest BCUT2D eigenvalue weighted by atomic mass is 19.4. The van der Waals surface area contributed by atoms with Crippen LogP contribution in [0.2, 0.25) is 0 Å². The second kappa shape index (κ2) is 7.09. The molecule has 2 rings (SSSR count). The zero-order valence-corrected chi connectivity index (χ0v) is 13.1. The Morgan fingerprint density at radius 2 is 1.96 bits per heavy atom. The number of carbonyl (C=O) groups excluding carboxylic acids is 2. The zero-order valence-electron chi connectivity index (χ0n) is 13.1. The van der Waals surface area contributed by atoms with E-state index in [0.717, 1.165) is 24.0 Å². The molecule has 2 N–H and O–H groups in total. The van der Waals surface area contributed by atoms with Crippen LogP contribution >= 0.6 is 0 Å². The lowest BCUT2D eigenvalue weighted by Crippen LogP contribution is -2.48. The van der Waals surface area contributed by atoms with E-state index >= 15 is 0 Å². The number of aliphatic carboxylic acids is 1. The van der Waals surface area contributed by atoms with Crippen LogP contribution in [0.25, 0.3) is 0 Å². The zero-order chi connectivity index (χ0) is 18.8. The Hall–Kier alpha value is -2.62. The molecule has 1 heterocycles. The fraction of sp³-hybridized carbons (Fsp3) is 0.400. The Kier molecular flexibility index (Phi) is 5.31. The van der Waals surface area contributed by atoms with Gasteiger partial charge in [-0.15, -0.1) is 0 Å². The Balaban J connectivity index is 2.34. The van der Waals surface area contributed by atoms with Crippen molar-refractivity contribution in [3.05, 3.63) is 29.3 Å². The van der Waals surface area contributed by atoms with Crippen molar-refractivity contribution in [2.75, 3.05) is 25.0 Å². The molecule has 1 atom stereocenters. The number of halogens is 3. The van der Waals surface area contributed by atoms with Crippen LogP contribution < -0.4 is 5.32 Å². The molecule has 1 unspecified atom stereocenters. The summed E-state index contributed by atoms with van der Waals surface area (Å²) in [5.41, 5.74) is -1.57. The van der Waals surface area contributed by atoms with Gasteiger partial charge in [-0.05, 0) is 18.2 Å². The largest absolute Gasteiger partial charge is 0.479 e. The highest BCUT2D eigenvalue weighted by Gasteiger charge is 2.34. The number of alkyl halides is 3. The number of nitrogens with one attached hydrogen (secondary N) is 1. The molecule has 0 bridgehead atoms. The van der Waals surface area contributed by atoms with Gasteiger partial charge in [-0.3, -0.25) is 9.59 Å².